The molecule has 4 nitrogen and oxygen atoms in total. The van der Waals surface area contributed by atoms with Gasteiger partial charge in [0.05, 0.1) is 14.2 Å². The van der Waals surface area contributed by atoms with Crippen LogP contribution in [0.1, 0.15) is 5.56 Å². The first kappa shape index (κ1) is 13.1. The van der Waals surface area contributed by atoms with Crippen molar-refractivity contribution in [2.75, 3.05) is 20.0 Å². The predicted octanol–water partition coefficient (Wildman–Crippen LogP) is 2.87. The van der Waals surface area contributed by atoms with E-state index >= 15 is 0 Å². The zero-order chi connectivity index (χ0) is 13.7. The summed E-state index contributed by atoms with van der Waals surface area (Å²) in [4.78, 5) is 0. The van der Waals surface area contributed by atoms with Crippen LogP contribution in [0.5, 0.6) is 17.2 Å². The molecule has 2 rings (SSSR count). The van der Waals surface area contributed by atoms with Gasteiger partial charge in [-0.1, -0.05) is 6.07 Å². The van der Waals surface area contributed by atoms with Crippen LogP contribution >= 0.6 is 0 Å². The van der Waals surface area contributed by atoms with Gasteiger partial charge in [-0.15, -0.1) is 0 Å². The highest BCUT2D eigenvalue weighted by atomic mass is 16.5. The van der Waals surface area contributed by atoms with Crippen molar-refractivity contribution in [3.05, 3.63) is 48.0 Å². The fourth-order valence-corrected chi connectivity index (χ4v) is 1.70. The molecule has 0 atom stereocenters. The maximum Gasteiger partial charge on any atom is 0.161 e. The molecule has 0 saturated heterocycles. The van der Waals surface area contributed by atoms with Crippen molar-refractivity contribution >= 4 is 5.69 Å². The number of rotatable bonds is 5. The average molecular weight is 259 g/mol. The molecular formula is C15H17NO3. The van der Waals surface area contributed by atoms with E-state index in [1.165, 1.54) is 0 Å². The largest absolute Gasteiger partial charge is 0.493 e. The van der Waals surface area contributed by atoms with Gasteiger partial charge < -0.3 is 19.9 Å². The van der Waals surface area contributed by atoms with Crippen LogP contribution in [0.4, 0.5) is 5.69 Å². The van der Waals surface area contributed by atoms with E-state index in [9.17, 15) is 0 Å². The van der Waals surface area contributed by atoms with Gasteiger partial charge in [0.25, 0.3) is 0 Å². The summed E-state index contributed by atoms with van der Waals surface area (Å²) in [5, 5.41) is 0. The number of hydrogen-bond acceptors (Lipinski definition) is 4. The summed E-state index contributed by atoms with van der Waals surface area (Å²) in [6.45, 7) is 0.463. The molecule has 19 heavy (non-hydrogen) atoms. The van der Waals surface area contributed by atoms with E-state index in [1.54, 1.807) is 14.2 Å². The summed E-state index contributed by atoms with van der Waals surface area (Å²) in [7, 11) is 3.23. The van der Waals surface area contributed by atoms with Crippen molar-refractivity contribution in [1.29, 1.82) is 0 Å². The lowest BCUT2D eigenvalue weighted by atomic mass is 10.2. The Kier molecular flexibility index (Phi) is 4.13. The van der Waals surface area contributed by atoms with Crippen LogP contribution in [0.2, 0.25) is 0 Å². The summed E-state index contributed by atoms with van der Waals surface area (Å²) in [6, 6.07) is 13.0. The quantitative estimate of drug-likeness (QED) is 0.839. The number of hydrogen-bond donors (Lipinski definition) is 1. The Bertz CT molecular complexity index is 538. The molecule has 0 saturated carbocycles. The summed E-state index contributed by atoms with van der Waals surface area (Å²) < 4.78 is 16.1. The minimum Gasteiger partial charge on any atom is -0.493 e. The highest BCUT2D eigenvalue weighted by molar-refractivity contribution is 5.43. The first-order valence-corrected chi connectivity index (χ1v) is 5.92. The zero-order valence-corrected chi connectivity index (χ0v) is 11.1. The second-order valence-corrected chi connectivity index (χ2v) is 4.05. The van der Waals surface area contributed by atoms with Gasteiger partial charge in [-0.25, -0.2) is 0 Å². The van der Waals surface area contributed by atoms with Gasteiger partial charge in [-0.2, -0.15) is 0 Å². The van der Waals surface area contributed by atoms with Crippen LogP contribution in [-0.2, 0) is 6.61 Å². The maximum absolute atomic E-state index is 5.67. The molecule has 2 aromatic carbocycles. The molecule has 0 bridgehead atoms. The van der Waals surface area contributed by atoms with Gasteiger partial charge in [0.1, 0.15) is 12.4 Å². The molecule has 0 aliphatic rings. The first-order valence-electron chi connectivity index (χ1n) is 5.92. The number of benzene rings is 2. The van der Waals surface area contributed by atoms with Crippen molar-refractivity contribution in [1.82, 2.24) is 0 Å². The fourth-order valence-electron chi connectivity index (χ4n) is 1.70. The molecule has 100 valence electrons. The molecule has 2 aromatic rings. The van der Waals surface area contributed by atoms with Crippen LogP contribution in [0, 0.1) is 0 Å². The van der Waals surface area contributed by atoms with Crippen molar-refractivity contribution in [2.24, 2.45) is 0 Å². The van der Waals surface area contributed by atoms with Gasteiger partial charge in [-0.3, -0.25) is 0 Å². The third kappa shape index (κ3) is 3.31. The number of ether oxygens (including phenoxy) is 3. The third-order valence-corrected chi connectivity index (χ3v) is 2.73. The van der Waals surface area contributed by atoms with Crippen LogP contribution in [-0.4, -0.2) is 14.2 Å². The number of nitrogen functional groups attached to an aromatic ring is 1. The fraction of sp³-hybridized carbons (Fsp3) is 0.200. The van der Waals surface area contributed by atoms with E-state index in [1.807, 2.05) is 42.5 Å². The van der Waals surface area contributed by atoms with Crippen LogP contribution < -0.4 is 19.9 Å². The lowest BCUT2D eigenvalue weighted by Gasteiger charge is -2.10. The molecule has 0 aliphatic carbocycles. The lowest BCUT2D eigenvalue weighted by molar-refractivity contribution is 0.304. The predicted molar refractivity (Wildman–Crippen MR) is 74.7 cm³/mol. The lowest BCUT2D eigenvalue weighted by Crippen LogP contribution is -1.97. The second kappa shape index (κ2) is 6.00. The van der Waals surface area contributed by atoms with Gasteiger partial charge in [0.15, 0.2) is 11.5 Å². The Morgan fingerprint density at radius 1 is 0.895 bits per heavy atom. The minimum absolute atomic E-state index is 0.463. The van der Waals surface area contributed by atoms with Crippen LogP contribution in [0.3, 0.4) is 0 Å². The monoisotopic (exact) mass is 259 g/mol. The van der Waals surface area contributed by atoms with E-state index in [0.717, 1.165) is 17.0 Å². The van der Waals surface area contributed by atoms with Crippen molar-refractivity contribution in [2.45, 2.75) is 6.61 Å². The molecule has 0 radical (unpaired) electrons. The van der Waals surface area contributed by atoms with E-state index in [0.29, 0.717) is 18.1 Å². The third-order valence-electron chi connectivity index (χ3n) is 2.73. The van der Waals surface area contributed by atoms with Crippen LogP contribution in [0.15, 0.2) is 42.5 Å². The highest BCUT2D eigenvalue weighted by Crippen LogP contribution is 2.28. The Labute approximate surface area is 112 Å². The Morgan fingerprint density at radius 3 is 2.21 bits per heavy atom. The normalized spacial score (nSPS) is 10.0. The zero-order valence-electron chi connectivity index (χ0n) is 11.1. The van der Waals surface area contributed by atoms with Crippen molar-refractivity contribution in [3.63, 3.8) is 0 Å². The highest BCUT2D eigenvalue weighted by Gasteiger charge is 2.05. The van der Waals surface area contributed by atoms with Crippen LogP contribution in [0.25, 0.3) is 0 Å². The van der Waals surface area contributed by atoms with E-state index in [2.05, 4.69) is 0 Å². The van der Waals surface area contributed by atoms with Gasteiger partial charge in [-0.05, 0) is 42.0 Å². The SMILES string of the molecule is COc1ccc(COc2ccc(N)cc2)cc1OC. The molecular weight excluding hydrogens is 242 g/mol. The molecule has 0 fully saturated rings. The molecule has 0 aliphatic heterocycles. The molecule has 0 unspecified atom stereocenters. The molecule has 2 N–H and O–H groups in total. The Balaban J connectivity index is 2.05. The Morgan fingerprint density at radius 2 is 1.58 bits per heavy atom. The first-order chi connectivity index (χ1) is 9.22. The van der Waals surface area contributed by atoms with E-state index < -0.39 is 0 Å². The number of nitrogens with two attached hydrogens (primary N) is 1. The molecule has 0 amide bonds. The van der Waals surface area contributed by atoms with E-state index in [4.69, 9.17) is 19.9 Å². The smallest absolute Gasteiger partial charge is 0.161 e. The van der Waals surface area contributed by atoms with Gasteiger partial charge >= 0.3 is 0 Å². The molecule has 0 spiro atoms. The minimum atomic E-state index is 0.463. The summed E-state index contributed by atoms with van der Waals surface area (Å²) in [5.41, 5.74) is 7.35. The number of anilines is 1. The molecule has 0 heterocycles. The summed E-state index contributed by atoms with van der Waals surface area (Å²) in [5.74, 6) is 2.18. The maximum atomic E-state index is 5.67. The molecule has 0 aromatic heterocycles. The van der Waals surface area contributed by atoms with Gasteiger partial charge in [0, 0.05) is 5.69 Å². The standard InChI is InChI=1S/C15H17NO3/c1-17-14-8-3-11(9-15(14)18-2)10-19-13-6-4-12(16)5-7-13/h3-9H,10,16H2,1-2H3. The van der Waals surface area contributed by atoms with Crippen molar-refractivity contribution < 1.29 is 14.2 Å². The van der Waals surface area contributed by atoms with E-state index in [-0.39, 0.29) is 0 Å². The second-order valence-electron chi connectivity index (χ2n) is 4.05. The summed E-state index contributed by atoms with van der Waals surface area (Å²) in [6.07, 6.45) is 0. The van der Waals surface area contributed by atoms with Gasteiger partial charge in [0.2, 0.25) is 0 Å². The summed E-state index contributed by atoms with van der Waals surface area (Å²) >= 11 is 0. The topological polar surface area (TPSA) is 53.7 Å². The number of methoxy groups -OCH3 is 2. The Hall–Kier alpha value is -2.36. The molecule has 4 heteroatoms. The van der Waals surface area contributed by atoms with Crippen molar-refractivity contribution in [3.8, 4) is 17.2 Å². The average Bonchev–Trinajstić information content (AvgIpc) is 2.46.